The number of rotatable bonds is 6. The summed E-state index contributed by atoms with van der Waals surface area (Å²) in [5.41, 5.74) is 1.71. The molecule has 1 unspecified atom stereocenters. The summed E-state index contributed by atoms with van der Waals surface area (Å²) in [6.07, 6.45) is 3.77. The second kappa shape index (κ2) is 6.78. The lowest BCUT2D eigenvalue weighted by atomic mass is 10.1. The van der Waals surface area contributed by atoms with Crippen LogP contribution in [0.3, 0.4) is 0 Å². The Morgan fingerprint density at radius 2 is 2.05 bits per heavy atom. The molecule has 21 heavy (non-hydrogen) atoms. The molecule has 0 aliphatic heterocycles. The Bertz CT molecular complexity index is 652. The number of benzene rings is 1. The Morgan fingerprint density at radius 1 is 1.29 bits per heavy atom. The van der Waals surface area contributed by atoms with Gasteiger partial charge in [0.25, 0.3) is 5.91 Å². The monoisotopic (exact) mass is 287 g/mol. The van der Waals surface area contributed by atoms with E-state index in [1.165, 1.54) is 0 Å². The van der Waals surface area contributed by atoms with E-state index in [1.807, 2.05) is 6.92 Å². The van der Waals surface area contributed by atoms with Crippen molar-refractivity contribution in [3.8, 4) is 0 Å². The molecule has 0 bridgehead atoms. The van der Waals surface area contributed by atoms with Crippen molar-refractivity contribution >= 4 is 22.9 Å². The van der Waals surface area contributed by atoms with Crippen LogP contribution >= 0.6 is 0 Å². The predicted octanol–water partition coefficient (Wildman–Crippen LogP) is 1.86. The van der Waals surface area contributed by atoms with Gasteiger partial charge in [-0.1, -0.05) is 13.0 Å². The molecule has 0 aliphatic carbocycles. The summed E-state index contributed by atoms with van der Waals surface area (Å²) in [6, 6.07) is 5.27. The highest BCUT2D eigenvalue weighted by Crippen LogP contribution is 2.14. The molecule has 1 atom stereocenters. The molecule has 110 valence electrons. The number of fused-ring (bicyclic) bond motifs is 1. The van der Waals surface area contributed by atoms with E-state index < -0.39 is 5.97 Å². The first kappa shape index (κ1) is 14.9. The number of amides is 1. The van der Waals surface area contributed by atoms with Gasteiger partial charge in [0.15, 0.2) is 0 Å². The number of aliphatic carboxylic acids is 1. The highest BCUT2D eigenvalue weighted by molar-refractivity contribution is 6.04. The van der Waals surface area contributed by atoms with Gasteiger partial charge in [0, 0.05) is 25.4 Å². The van der Waals surface area contributed by atoms with Gasteiger partial charge in [-0.2, -0.15) is 0 Å². The zero-order valence-corrected chi connectivity index (χ0v) is 11.7. The summed E-state index contributed by atoms with van der Waals surface area (Å²) in [5.74, 6) is -0.938. The van der Waals surface area contributed by atoms with E-state index >= 15 is 0 Å². The van der Waals surface area contributed by atoms with Crippen molar-refractivity contribution < 1.29 is 14.7 Å². The largest absolute Gasteiger partial charge is 0.481 e. The third-order valence-electron chi connectivity index (χ3n) is 3.21. The Morgan fingerprint density at radius 3 is 2.81 bits per heavy atom. The van der Waals surface area contributed by atoms with Crippen LogP contribution < -0.4 is 5.32 Å². The fourth-order valence-corrected chi connectivity index (χ4v) is 2.01. The summed E-state index contributed by atoms with van der Waals surface area (Å²) in [4.78, 5) is 31.1. The molecule has 0 saturated heterocycles. The van der Waals surface area contributed by atoms with Crippen LogP contribution in [-0.2, 0) is 4.79 Å². The van der Waals surface area contributed by atoms with Crippen LogP contribution in [0.1, 0.15) is 30.1 Å². The average Bonchev–Trinajstić information content (AvgIpc) is 2.50. The third-order valence-corrected chi connectivity index (χ3v) is 3.21. The van der Waals surface area contributed by atoms with Crippen molar-refractivity contribution in [1.29, 1.82) is 0 Å². The minimum absolute atomic E-state index is 0.103. The van der Waals surface area contributed by atoms with E-state index in [-0.39, 0.29) is 18.2 Å². The molecular formula is C15H17N3O3. The van der Waals surface area contributed by atoms with Crippen molar-refractivity contribution in [2.24, 2.45) is 5.92 Å². The molecule has 2 N–H and O–H groups in total. The van der Waals surface area contributed by atoms with E-state index in [9.17, 15) is 9.59 Å². The van der Waals surface area contributed by atoms with Crippen LogP contribution in [-0.4, -0.2) is 33.5 Å². The van der Waals surface area contributed by atoms with Gasteiger partial charge in [0.1, 0.15) is 5.52 Å². The predicted molar refractivity (Wildman–Crippen MR) is 77.9 cm³/mol. The summed E-state index contributed by atoms with van der Waals surface area (Å²) in [6.45, 7) is 2.34. The maximum atomic E-state index is 12.2. The standard InChI is InChI=1S/C15H17N3O3/c1-10(5-6-13(19)20)9-18-15(21)11-3-2-4-12-14(11)17-8-7-16-12/h2-4,7-8,10H,5-6,9H2,1H3,(H,18,21)(H,19,20). The van der Waals surface area contributed by atoms with Gasteiger partial charge in [0.05, 0.1) is 11.1 Å². The zero-order valence-electron chi connectivity index (χ0n) is 11.7. The zero-order chi connectivity index (χ0) is 15.2. The number of carbonyl (C=O) groups excluding carboxylic acids is 1. The molecule has 0 saturated carbocycles. The van der Waals surface area contributed by atoms with Crippen LogP contribution in [0.5, 0.6) is 0 Å². The van der Waals surface area contributed by atoms with E-state index in [0.717, 1.165) is 0 Å². The van der Waals surface area contributed by atoms with Gasteiger partial charge in [-0.15, -0.1) is 0 Å². The second-order valence-corrected chi connectivity index (χ2v) is 4.98. The first-order chi connectivity index (χ1) is 10.1. The maximum Gasteiger partial charge on any atom is 0.303 e. The lowest BCUT2D eigenvalue weighted by Gasteiger charge is -2.12. The quantitative estimate of drug-likeness (QED) is 0.846. The molecule has 2 aromatic rings. The highest BCUT2D eigenvalue weighted by atomic mass is 16.4. The number of carboxylic acid groups (broad SMARTS) is 1. The number of hydrogen-bond acceptors (Lipinski definition) is 4. The Labute approximate surface area is 122 Å². The number of hydrogen-bond donors (Lipinski definition) is 2. The van der Waals surface area contributed by atoms with Gasteiger partial charge in [-0.3, -0.25) is 19.6 Å². The molecule has 6 nitrogen and oxygen atoms in total. The Kier molecular flexibility index (Phi) is 4.81. The molecule has 1 aromatic carbocycles. The maximum absolute atomic E-state index is 12.2. The molecule has 1 aromatic heterocycles. The van der Waals surface area contributed by atoms with E-state index in [2.05, 4.69) is 15.3 Å². The number of aromatic nitrogens is 2. The van der Waals surface area contributed by atoms with Gasteiger partial charge in [0.2, 0.25) is 0 Å². The summed E-state index contributed by atoms with van der Waals surface area (Å²) in [7, 11) is 0. The SMILES string of the molecule is CC(CCC(=O)O)CNC(=O)c1cccc2nccnc12. The number of para-hydroxylation sites is 1. The number of nitrogens with one attached hydrogen (secondary N) is 1. The Hall–Kier alpha value is -2.50. The smallest absolute Gasteiger partial charge is 0.303 e. The molecule has 1 heterocycles. The first-order valence-corrected chi connectivity index (χ1v) is 6.77. The summed E-state index contributed by atoms with van der Waals surface area (Å²) in [5, 5.41) is 11.4. The van der Waals surface area contributed by atoms with Gasteiger partial charge in [-0.25, -0.2) is 0 Å². The van der Waals surface area contributed by atoms with Crippen molar-refractivity contribution in [2.45, 2.75) is 19.8 Å². The van der Waals surface area contributed by atoms with Crippen LogP contribution in [0.25, 0.3) is 11.0 Å². The van der Waals surface area contributed by atoms with E-state index in [0.29, 0.717) is 29.6 Å². The summed E-state index contributed by atoms with van der Waals surface area (Å²) >= 11 is 0. The normalized spacial score (nSPS) is 12.0. The molecular weight excluding hydrogens is 270 g/mol. The fraction of sp³-hybridized carbons (Fsp3) is 0.333. The molecule has 0 radical (unpaired) electrons. The Balaban J connectivity index is 2.01. The van der Waals surface area contributed by atoms with Gasteiger partial charge >= 0.3 is 5.97 Å². The second-order valence-electron chi connectivity index (χ2n) is 4.98. The van der Waals surface area contributed by atoms with Crippen LogP contribution in [0, 0.1) is 5.92 Å². The van der Waals surface area contributed by atoms with Crippen LogP contribution in [0.15, 0.2) is 30.6 Å². The van der Waals surface area contributed by atoms with Gasteiger partial charge < -0.3 is 10.4 Å². The number of nitrogens with zero attached hydrogens (tertiary/aromatic N) is 2. The van der Waals surface area contributed by atoms with Crippen molar-refractivity contribution in [2.75, 3.05) is 6.54 Å². The number of carboxylic acids is 1. The van der Waals surface area contributed by atoms with Crippen LogP contribution in [0.2, 0.25) is 0 Å². The molecule has 1 amide bonds. The van der Waals surface area contributed by atoms with Crippen molar-refractivity contribution in [3.63, 3.8) is 0 Å². The minimum Gasteiger partial charge on any atom is -0.481 e. The highest BCUT2D eigenvalue weighted by Gasteiger charge is 2.13. The number of carbonyl (C=O) groups is 2. The van der Waals surface area contributed by atoms with Crippen LogP contribution in [0.4, 0.5) is 0 Å². The minimum atomic E-state index is -0.822. The van der Waals surface area contributed by atoms with Crippen molar-refractivity contribution in [3.05, 3.63) is 36.2 Å². The fourth-order valence-electron chi connectivity index (χ4n) is 2.01. The molecule has 6 heteroatoms. The van der Waals surface area contributed by atoms with Gasteiger partial charge in [-0.05, 0) is 24.5 Å². The lowest BCUT2D eigenvalue weighted by Crippen LogP contribution is -2.28. The average molecular weight is 287 g/mol. The topological polar surface area (TPSA) is 92.2 Å². The van der Waals surface area contributed by atoms with E-state index in [4.69, 9.17) is 5.11 Å². The molecule has 0 spiro atoms. The molecule has 0 aliphatic rings. The third kappa shape index (κ3) is 3.98. The van der Waals surface area contributed by atoms with Crippen molar-refractivity contribution in [1.82, 2.24) is 15.3 Å². The summed E-state index contributed by atoms with van der Waals surface area (Å²) < 4.78 is 0. The molecule has 2 rings (SSSR count). The molecule has 0 fully saturated rings. The first-order valence-electron chi connectivity index (χ1n) is 6.77. The van der Waals surface area contributed by atoms with E-state index in [1.54, 1.807) is 30.6 Å². The lowest BCUT2D eigenvalue weighted by molar-refractivity contribution is -0.137.